The van der Waals surface area contributed by atoms with Gasteiger partial charge in [0.05, 0.1) is 24.4 Å². The second kappa shape index (κ2) is 11.1. The van der Waals surface area contributed by atoms with Crippen LogP contribution >= 0.6 is 22.6 Å². The van der Waals surface area contributed by atoms with E-state index in [0.29, 0.717) is 5.82 Å². The number of ether oxygens (including phenoxy) is 1. The molecular weight excluding hydrogens is 543 g/mol. The zero-order chi connectivity index (χ0) is 24.9. The highest BCUT2D eigenvalue weighted by molar-refractivity contribution is 14.1. The van der Waals surface area contributed by atoms with Gasteiger partial charge in [0.15, 0.2) is 0 Å². The number of imidazole rings is 1. The van der Waals surface area contributed by atoms with E-state index in [0.717, 1.165) is 20.4 Å². The van der Waals surface area contributed by atoms with Crippen molar-refractivity contribution in [1.82, 2.24) is 15.3 Å². The number of H-pyrrole nitrogens is 1. The first-order chi connectivity index (χ1) is 16.0. The average molecular weight is 574 g/mol. The molecule has 3 rings (SSSR count). The van der Waals surface area contributed by atoms with Crippen LogP contribution in [0.5, 0.6) is 0 Å². The highest BCUT2D eigenvalue weighted by atomic mass is 127. The van der Waals surface area contributed by atoms with Crippen molar-refractivity contribution in [3.63, 3.8) is 0 Å². The minimum atomic E-state index is -1.05. The van der Waals surface area contributed by atoms with Crippen LogP contribution in [0, 0.1) is 3.57 Å². The van der Waals surface area contributed by atoms with Gasteiger partial charge in [-0.15, -0.1) is 0 Å². The summed E-state index contributed by atoms with van der Waals surface area (Å²) in [5.41, 5.74) is 8.20. The molecule has 3 aromatic rings. The van der Waals surface area contributed by atoms with Gasteiger partial charge < -0.3 is 20.8 Å². The van der Waals surface area contributed by atoms with Gasteiger partial charge in [0.25, 0.3) is 0 Å². The Morgan fingerprint density at radius 3 is 2.38 bits per heavy atom. The number of hydrogen-bond donors (Lipinski definition) is 3. The molecule has 0 radical (unpaired) electrons. The number of hydrogen-bond acceptors (Lipinski definition) is 5. The fraction of sp³-hybridized carbons (Fsp3) is 0.346. The van der Waals surface area contributed by atoms with Crippen LogP contribution in [-0.2, 0) is 14.3 Å². The molecule has 34 heavy (non-hydrogen) atoms. The van der Waals surface area contributed by atoms with Gasteiger partial charge >= 0.3 is 5.97 Å². The molecule has 0 saturated heterocycles. The van der Waals surface area contributed by atoms with Gasteiger partial charge in [-0.2, -0.15) is 0 Å². The van der Waals surface area contributed by atoms with E-state index in [4.69, 9.17) is 10.5 Å². The Morgan fingerprint density at radius 1 is 1.12 bits per heavy atom. The SMILES string of the molecule is C[C@@H](c1ccccc1)[C@H](NC(=O)C[C@@H](N)C(=O)OC(C)(C)C)c1ncc(-c2ccc(I)cc2)[nH]1. The number of aromatic amines is 1. The molecule has 1 amide bonds. The fourth-order valence-electron chi connectivity index (χ4n) is 3.54. The van der Waals surface area contributed by atoms with E-state index >= 15 is 0 Å². The highest BCUT2D eigenvalue weighted by Gasteiger charge is 2.29. The van der Waals surface area contributed by atoms with E-state index < -0.39 is 23.7 Å². The molecule has 180 valence electrons. The third kappa shape index (κ3) is 7.14. The number of amides is 1. The quantitative estimate of drug-likeness (QED) is 0.267. The predicted octanol–water partition coefficient (Wildman–Crippen LogP) is 4.70. The predicted molar refractivity (Wildman–Crippen MR) is 141 cm³/mol. The smallest absolute Gasteiger partial charge is 0.323 e. The van der Waals surface area contributed by atoms with Crippen LogP contribution in [0.4, 0.5) is 0 Å². The molecule has 4 N–H and O–H groups in total. The molecule has 0 bridgehead atoms. The van der Waals surface area contributed by atoms with Crippen LogP contribution in [0.1, 0.15) is 57.5 Å². The van der Waals surface area contributed by atoms with Gasteiger partial charge in [0, 0.05) is 9.49 Å². The molecule has 0 aliphatic carbocycles. The Hall–Kier alpha value is -2.72. The molecule has 1 heterocycles. The number of benzene rings is 2. The lowest BCUT2D eigenvalue weighted by molar-refractivity contribution is -0.157. The molecule has 0 fully saturated rings. The average Bonchev–Trinajstić information content (AvgIpc) is 3.27. The van der Waals surface area contributed by atoms with Gasteiger partial charge in [-0.05, 0) is 66.6 Å². The summed E-state index contributed by atoms with van der Waals surface area (Å²) in [6.45, 7) is 7.31. The zero-order valence-corrected chi connectivity index (χ0v) is 22.0. The minimum absolute atomic E-state index is 0.0846. The number of carbonyl (C=O) groups is 2. The molecule has 3 atom stereocenters. The minimum Gasteiger partial charge on any atom is -0.459 e. The van der Waals surface area contributed by atoms with E-state index in [-0.39, 0.29) is 18.2 Å². The van der Waals surface area contributed by atoms with Crippen molar-refractivity contribution in [3.8, 4) is 11.3 Å². The van der Waals surface area contributed by atoms with Crippen LogP contribution in [0.2, 0.25) is 0 Å². The summed E-state index contributed by atoms with van der Waals surface area (Å²) >= 11 is 2.26. The van der Waals surface area contributed by atoms with Crippen molar-refractivity contribution < 1.29 is 14.3 Å². The largest absolute Gasteiger partial charge is 0.459 e. The third-order valence-electron chi connectivity index (χ3n) is 5.30. The monoisotopic (exact) mass is 574 g/mol. The van der Waals surface area contributed by atoms with Gasteiger partial charge in [-0.1, -0.05) is 49.4 Å². The zero-order valence-electron chi connectivity index (χ0n) is 19.8. The van der Waals surface area contributed by atoms with Crippen LogP contribution in [0.3, 0.4) is 0 Å². The first-order valence-corrected chi connectivity index (χ1v) is 12.2. The number of halogens is 1. The molecule has 0 aliphatic rings. The molecule has 8 heteroatoms. The maximum atomic E-state index is 12.9. The highest BCUT2D eigenvalue weighted by Crippen LogP contribution is 2.31. The fourth-order valence-corrected chi connectivity index (χ4v) is 3.90. The van der Waals surface area contributed by atoms with Crippen molar-refractivity contribution in [2.45, 2.75) is 57.7 Å². The Morgan fingerprint density at radius 2 is 1.76 bits per heavy atom. The van der Waals surface area contributed by atoms with E-state index in [1.165, 1.54) is 0 Å². The van der Waals surface area contributed by atoms with Crippen LogP contribution < -0.4 is 11.1 Å². The lowest BCUT2D eigenvalue weighted by Gasteiger charge is -2.25. The molecular formula is C26H31IN4O3. The number of nitrogens with two attached hydrogens (primary N) is 1. The lowest BCUT2D eigenvalue weighted by Crippen LogP contribution is -2.42. The Balaban J connectivity index is 1.81. The van der Waals surface area contributed by atoms with Gasteiger partial charge in [0.2, 0.25) is 5.91 Å². The second-order valence-electron chi connectivity index (χ2n) is 9.28. The number of esters is 1. The summed E-state index contributed by atoms with van der Waals surface area (Å²) in [6.07, 6.45) is 1.58. The standard InChI is InChI=1S/C26H31IN4O3/c1-16(17-8-6-5-7-9-17)23(31-22(32)14-20(28)25(33)34-26(2,3)4)24-29-15-21(30-24)18-10-12-19(27)13-11-18/h5-13,15-16,20,23H,14,28H2,1-4H3,(H,29,30)(H,31,32)/t16-,20+,23-/m0/s1. The molecule has 1 aromatic heterocycles. The van der Waals surface area contributed by atoms with Crippen LogP contribution in [0.25, 0.3) is 11.3 Å². The number of nitrogens with one attached hydrogen (secondary N) is 2. The summed E-state index contributed by atoms with van der Waals surface area (Å²) in [4.78, 5) is 33.1. The van der Waals surface area contributed by atoms with E-state index in [1.54, 1.807) is 27.0 Å². The summed E-state index contributed by atoms with van der Waals surface area (Å²) in [6, 6.07) is 16.5. The van der Waals surface area contributed by atoms with Crippen molar-refractivity contribution in [2.24, 2.45) is 5.73 Å². The topological polar surface area (TPSA) is 110 Å². The maximum Gasteiger partial charge on any atom is 0.323 e. The Kier molecular flexibility index (Phi) is 8.48. The first-order valence-electron chi connectivity index (χ1n) is 11.2. The number of rotatable bonds is 8. The lowest BCUT2D eigenvalue weighted by atomic mass is 9.92. The Labute approximate surface area is 214 Å². The van der Waals surface area contributed by atoms with Gasteiger partial charge in [-0.3, -0.25) is 9.59 Å². The van der Waals surface area contributed by atoms with E-state index in [9.17, 15) is 9.59 Å². The van der Waals surface area contributed by atoms with Crippen molar-refractivity contribution >= 4 is 34.5 Å². The van der Waals surface area contributed by atoms with Gasteiger partial charge in [-0.25, -0.2) is 4.98 Å². The Bertz CT molecular complexity index is 1110. The number of carbonyl (C=O) groups excluding carboxylic acids is 2. The van der Waals surface area contributed by atoms with Crippen molar-refractivity contribution in [1.29, 1.82) is 0 Å². The normalized spacial score (nSPS) is 14.2. The molecule has 2 aromatic carbocycles. The van der Waals surface area contributed by atoms with E-state index in [1.807, 2.05) is 61.5 Å². The second-order valence-corrected chi connectivity index (χ2v) is 10.5. The number of nitrogens with zero attached hydrogens (tertiary/aromatic N) is 1. The molecule has 0 spiro atoms. The summed E-state index contributed by atoms with van der Waals surface area (Å²) < 4.78 is 6.45. The summed E-state index contributed by atoms with van der Waals surface area (Å²) in [7, 11) is 0. The third-order valence-corrected chi connectivity index (χ3v) is 6.02. The maximum absolute atomic E-state index is 12.9. The molecule has 0 unspecified atom stereocenters. The summed E-state index contributed by atoms with van der Waals surface area (Å²) in [5, 5.41) is 3.03. The molecule has 0 saturated carbocycles. The van der Waals surface area contributed by atoms with E-state index in [2.05, 4.69) is 37.9 Å². The van der Waals surface area contributed by atoms with Crippen LogP contribution in [0.15, 0.2) is 60.8 Å². The molecule has 0 aliphatic heterocycles. The van der Waals surface area contributed by atoms with Crippen LogP contribution in [-0.4, -0.2) is 33.5 Å². The first kappa shape index (κ1) is 25.9. The summed E-state index contributed by atoms with van der Waals surface area (Å²) in [5.74, 6) is -0.407. The van der Waals surface area contributed by atoms with Gasteiger partial charge in [0.1, 0.15) is 17.5 Å². The van der Waals surface area contributed by atoms with Crippen molar-refractivity contribution in [3.05, 3.63) is 75.8 Å². The number of aromatic nitrogens is 2. The van der Waals surface area contributed by atoms with Crippen molar-refractivity contribution in [2.75, 3.05) is 0 Å². The molecule has 7 nitrogen and oxygen atoms in total.